The van der Waals surface area contributed by atoms with Crippen molar-refractivity contribution in [2.24, 2.45) is 5.92 Å². The van der Waals surface area contributed by atoms with E-state index in [-0.39, 0.29) is 12.5 Å². The van der Waals surface area contributed by atoms with Gasteiger partial charge in [0.2, 0.25) is 5.91 Å². The van der Waals surface area contributed by atoms with Crippen LogP contribution in [0.2, 0.25) is 0 Å². The van der Waals surface area contributed by atoms with Crippen LogP contribution in [-0.2, 0) is 4.79 Å². The predicted octanol–water partition coefficient (Wildman–Crippen LogP) is 2.17. The van der Waals surface area contributed by atoms with E-state index in [4.69, 9.17) is 0 Å². The van der Waals surface area contributed by atoms with E-state index >= 15 is 0 Å². The minimum absolute atomic E-state index is 0.222. The summed E-state index contributed by atoms with van der Waals surface area (Å²) in [7, 11) is 0. The van der Waals surface area contributed by atoms with Gasteiger partial charge in [-0.3, -0.25) is 10.1 Å². The van der Waals surface area contributed by atoms with Crippen molar-refractivity contribution in [3.8, 4) is 0 Å². The molecule has 116 valence electrons. The van der Waals surface area contributed by atoms with E-state index in [1.165, 1.54) is 32.1 Å². The zero-order valence-corrected chi connectivity index (χ0v) is 12.8. The highest BCUT2D eigenvalue weighted by atomic mass is 16.2. The number of nitrogens with one attached hydrogen (secondary N) is 3. The van der Waals surface area contributed by atoms with E-state index in [1.807, 2.05) is 13.8 Å². The quantitative estimate of drug-likeness (QED) is 0.724. The van der Waals surface area contributed by atoms with Crippen molar-refractivity contribution in [1.29, 1.82) is 0 Å². The van der Waals surface area contributed by atoms with Crippen LogP contribution in [0.1, 0.15) is 58.8 Å². The number of amides is 3. The van der Waals surface area contributed by atoms with Crippen LogP contribution >= 0.6 is 0 Å². The Morgan fingerprint density at radius 3 is 2.25 bits per heavy atom. The van der Waals surface area contributed by atoms with Gasteiger partial charge < -0.3 is 10.6 Å². The zero-order valence-electron chi connectivity index (χ0n) is 12.8. The zero-order chi connectivity index (χ0) is 14.8. The summed E-state index contributed by atoms with van der Waals surface area (Å²) in [6, 6.07) is 0.0166. The first-order chi connectivity index (χ1) is 9.58. The maximum absolute atomic E-state index is 11.7. The monoisotopic (exact) mass is 283 g/mol. The molecule has 5 heteroatoms. The van der Waals surface area contributed by atoms with E-state index in [1.54, 1.807) is 0 Å². The van der Waals surface area contributed by atoms with Crippen LogP contribution in [0.3, 0.4) is 0 Å². The summed E-state index contributed by atoms with van der Waals surface area (Å²) in [6.07, 6.45) is 8.65. The van der Waals surface area contributed by atoms with Crippen molar-refractivity contribution in [2.75, 3.05) is 13.1 Å². The summed E-state index contributed by atoms with van der Waals surface area (Å²) in [6.45, 7) is 4.82. The van der Waals surface area contributed by atoms with E-state index < -0.39 is 6.03 Å². The molecule has 1 aliphatic carbocycles. The topological polar surface area (TPSA) is 70.2 Å². The first kappa shape index (κ1) is 17.0. The van der Waals surface area contributed by atoms with Gasteiger partial charge in [0.1, 0.15) is 0 Å². The molecule has 3 amide bonds. The fourth-order valence-corrected chi connectivity index (χ4v) is 2.41. The average molecular weight is 283 g/mol. The molecule has 0 aromatic carbocycles. The second-order valence-electron chi connectivity index (χ2n) is 6.07. The Kier molecular flexibility index (Phi) is 8.26. The van der Waals surface area contributed by atoms with Gasteiger partial charge in [0.25, 0.3) is 0 Å². The second kappa shape index (κ2) is 9.75. The van der Waals surface area contributed by atoms with Gasteiger partial charge in [-0.1, -0.05) is 46.0 Å². The smallest absolute Gasteiger partial charge is 0.321 e. The van der Waals surface area contributed by atoms with Crippen LogP contribution in [0.4, 0.5) is 4.79 Å². The van der Waals surface area contributed by atoms with Crippen LogP contribution in [-0.4, -0.2) is 31.1 Å². The van der Waals surface area contributed by atoms with Crippen molar-refractivity contribution in [2.45, 2.75) is 64.8 Å². The molecule has 0 saturated heterocycles. The molecule has 0 heterocycles. The molecular formula is C15H29N3O2. The highest BCUT2D eigenvalue weighted by molar-refractivity contribution is 5.95. The fraction of sp³-hybridized carbons (Fsp3) is 0.867. The lowest BCUT2D eigenvalue weighted by molar-refractivity contribution is -0.119. The summed E-state index contributed by atoms with van der Waals surface area (Å²) in [5, 5.41) is 8.29. The van der Waals surface area contributed by atoms with Crippen molar-refractivity contribution < 1.29 is 9.59 Å². The largest absolute Gasteiger partial charge is 0.338 e. The molecule has 0 unspecified atom stereocenters. The lowest BCUT2D eigenvalue weighted by Gasteiger charge is -2.20. The fourth-order valence-electron chi connectivity index (χ4n) is 2.41. The third-order valence-corrected chi connectivity index (χ3v) is 3.58. The highest BCUT2D eigenvalue weighted by Gasteiger charge is 2.13. The van der Waals surface area contributed by atoms with Crippen molar-refractivity contribution >= 4 is 11.9 Å². The van der Waals surface area contributed by atoms with E-state index in [9.17, 15) is 9.59 Å². The molecule has 1 rings (SSSR count). The minimum atomic E-state index is -0.400. The Bertz CT molecular complexity index is 297. The Labute approximate surface area is 122 Å². The van der Waals surface area contributed by atoms with Crippen LogP contribution < -0.4 is 16.0 Å². The number of imide groups is 1. The third kappa shape index (κ3) is 8.15. The molecule has 1 saturated carbocycles. The van der Waals surface area contributed by atoms with Gasteiger partial charge >= 0.3 is 6.03 Å². The van der Waals surface area contributed by atoms with Gasteiger partial charge in [0.05, 0.1) is 6.54 Å². The summed E-state index contributed by atoms with van der Waals surface area (Å²) in [5.41, 5.74) is 0. The number of rotatable bonds is 5. The van der Waals surface area contributed by atoms with Gasteiger partial charge in [0, 0.05) is 12.6 Å². The van der Waals surface area contributed by atoms with Gasteiger partial charge in [-0.15, -0.1) is 0 Å². The lowest BCUT2D eigenvalue weighted by atomic mass is 9.97. The van der Waals surface area contributed by atoms with Gasteiger partial charge in [0.15, 0.2) is 0 Å². The number of hydrogen-bond acceptors (Lipinski definition) is 3. The summed E-state index contributed by atoms with van der Waals surface area (Å²) in [4.78, 5) is 23.1. The molecule has 1 aliphatic rings. The Morgan fingerprint density at radius 2 is 1.65 bits per heavy atom. The standard InChI is InChI=1S/C15H29N3O2/c1-12(2)10-17-15(20)18-14(19)11-16-13-8-6-4-3-5-7-9-13/h12-13,16H,3-11H2,1-2H3,(H2,17,18,19,20). The Balaban J connectivity index is 2.16. The Morgan fingerprint density at radius 1 is 1.05 bits per heavy atom. The molecule has 0 aromatic rings. The Hall–Kier alpha value is -1.10. The van der Waals surface area contributed by atoms with Crippen molar-refractivity contribution in [1.82, 2.24) is 16.0 Å². The molecule has 3 N–H and O–H groups in total. The van der Waals surface area contributed by atoms with Gasteiger partial charge in [-0.05, 0) is 18.8 Å². The minimum Gasteiger partial charge on any atom is -0.338 e. The second-order valence-corrected chi connectivity index (χ2v) is 6.07. The SMILES string of the molecule is CC(C)CNC(=O)NC(=O)CNC1CCCCCCC1. The van der Waals surface area contributed by atoms with Crippen molar-refractivity contribution in [3.63, 3.8) is 0 Å². The number of carbonyl (C=O) groups is 2. The van der Waals surface area contributed by atoms with E-state index in [0.717, 1.165) is 12.8 Å². The third-order valence-electron chi connectivity index (χ3n) is 3.58. The molecule has 0 aliphatic heterocycles. The number of urea groups is 1. The highest BCUT2D eigenvalue weighted by Crippen LogP contribution is 2.16. The van der Waals surface area contributed by atoms with E-state index in [2.05, 4.69) is 16.0 Å². The van der Waals surface area contributed by atoms with E-state index in [0.29, 0.717) is 18.5 Å². The molecule has 5 nitrogen and oxygen atoms in total. The van der Waals surface area contributed by atoms with Crippen LogP contribution in [0.25, 0.3) is 0 Å². The molecule has 20 heavy (non-hydrogen) atoms. The maximum Gasteiger partial charge on any atom is 0.321 e. The first-order valence-electron chi connectivity index (χ1n) is 7.89. The summed E-state index contributed by atoms with van der Waals surface area (Å²) >= 11 is 0. The molecule has 0 radical (unpaired) electrons. The molecule has 1 fully saturated rings. The normalized spacial score (nSPS) is 17.4. The maximum atomic E-state index is 11.7. The van der Waals surface area contributed by atoms with Crippen LogP contribution in [0.5, 0.6) is 0 Å². The van der Waals surface area contributed by atoms with Crippen LogP contribution in [0, 0.1) is 5.92 Å². The lowest BCUT2D eigenvalue weighted by Crippen LogP contribution is -2.46. The molecule has 0 spiro atoms. The van der Waals surface area contributed by atoms with Gasteiger partial charge in [-0.2, -0.15) is 0 Å². The molecule has 0 atom stereocenters. The number of carbonyl (C=O) groups excluding carboxylic acids is 2. The predicted molar refractivity (Wildman–Crippen MR) is 80.5 cm³/mol. The van der Waals surface area contributed by atoms with Crippen molar-refractivity contribution in [3.05, 3.63) is 0 Å². The van der Waals surface area contributed by atoms with Crippen LogP contribution in [0.15, 0.2) is 0 Å². The summed E-state index contributed by atoms with van der Waals surface area (Å²) in [5.74, 6) is 0.122. The molecular weight excluding hydrogens is 254 g/mol. The molecule has 0 bridgehead atoms. The summed E-state index contributed by atoms with van der Waals surface area (Å²) < 4.78 is 0. The average Bonchev–Trinajstić information content (AvgIpc) is 2.35. The van der Waals surface area contributed by atoms with Gasteiger partial charge in [-0.25, -0.2) is 4.79 Å². The molecule has 0 aromatic heterocycles. The first-order valence-corrected chi connectivity index (χ1v) is 7.89. The number of hydrogen-bond donors (Lipinski definition) is 3.